The molecule has 0 saturated heterocycles. The molecule has 0 aromatic carbocycles. The van der Waals surface area contributed by atoms with Gasteiger partial charge in [-0.15, -0.1) is 9.89 Å². The average Bonchev–Trinajstić information content (AvgIpc) is 2.34. The van der Waals surface area contributed by atoms with Crippen LogP contribution in [0.5, 0.6) is 0 Å². The van der Waals surface area contributed by atoms with Gasteiger partial charge in [0.15, 0.2) is 6.33 Å². The van der Waals surface area contributed by atoms with Crippen molar-refractivity contribution >= 4 is 0 Å². The summed E-state index contributed by atoms with van der Waals surface area (Å²) in [7, 11) is 1.83. The second kappa shape index (κ2) is 2.98. The van der Waals surface area contributed by atoms with Crippen molar-refractivity contribution in [2.24, 2.45) is 0 Å². The van der Waals surface area contributed by atoms with Crippen LogP contribution >= 0.6 is 0 Å². The minimum atomic E-state index is 0.644. The first kappa shape index (κ1) is 5.96. The Morgan fingerprint density at radius 3 is 3.11 bits per heavy atom. The molecule has 0 unspecified atom stereocenters. The van der Waals surface area contributed by atoms with E-state index in [4.69, 9.17) is 0 Å². The topological polar surface area (TPSA) is 67.7 Å². The quantitative estimate of drug-likeness (QED) is 0.479. The highest BCUT2D eigenvalue weighted by atomic mass is 15.7. The third-order valence-electron chi connectivity index (χ3n) is 0.767. The Hall–Kier alpha value is -1.17. The minimum absolute atomic E-state index is 0.644. The molecule has 0 amide bonds. The first-order valence-corrected chi connectivity index (χ1v) is 2.55. The molecule has 0 bridgehead atoms. The summed E-state index contributed by atoms with van der Waals surface area (Å²) in [4.78, 5) is 1.43. The third-order valence-corrected chi connectivity index (χ3v) is 0.767. The second-order valence-corrected chi connectivity index (χ2v) is 1.44. The van der Waals surface area contributed by atoms with E-state index in [-0.39, 0.29) is 0 Å². The SMILES string of the molecule is CNCNn1cnnn1. The van der Waals surface area contributed by atoms with Gasteiger partial charge in [0.1, 0.15) is 0 Å². The summed E-state index contributed by atoms with van der Waals surface area (Å²) in [6, 6.07) is 0. The Morgan fingerprint density at radius 2 is 2.56 bits per heavy atom. The van der Waals surface area contributed by atoms with Crippen LogP contribution in [-0.2, 0) is 0 Å². The van der Waals surface area contributed by atoms with Crippen molar-refractivity contribution in [2.75, 3.05) is 19.1 Å². The summed E-state index contributed by atoms with van der Waals surface area (Å²) in [6.07, 6.45) is 1.48. The predicted octanol–water partition coefficient (Wildman–Crippen LogP) is -1.61. The number of tetrazole rings is 1. The van der Waals surface area contributed by atoms with Gasteiger partial charge in [-0.25, -0.2) is 0 Å². The van der Waals surface area contributed by atoms with Crippen molar-refractivity contribution in [3.05, 3.63) is 6.33 Å². The molecule has 9 heavy (non-hydrogen) atoms. The standard InChI is InChI=1S/C3H8N6/c1-4-2-6-9-3-5-7-8-9/h3-4,6H,2H2,1H3. The lowest BCUT2D eigenvalue weighted by Crippen LogP contribution is -2.25. The van der Waals surface area contributed by atoms with E-state index in [9.17, 15) is 0 Å². The van der Waals surface area contributed by atoms with Crippen LogP contribution in [0.4, 0.5) is 0 Å². The van der Waals surface area contributed by atoms with E-state index in [1.807, 2.05) is 7.05 Å². The normalized spacial score (nSPS) is 9.44. The summed E-state index contributed by atoms with van der Waals surface area (Å²) < 4.78 is 0. The molecule has 1 heterocycles. The smallest absolute Gasteiger partial charge is 0.161 e. The molecule has 1 rings (SSSR count). The summed E-state index contributed by atoms with van der Waals surface area (Å²) in [6.45, 7) is 0.644. The van der Waals surface area contributed by atoms with Gasteiger partial charge in [0.2, 0.25) is 0 Å². The van der Waals surface area contributed by atoms with Gasteiger partial charge in [-0.3, -0.25) is 5.43 Å². The molecule has 0 aliphatic rings. The third kappa shape index (κ3) is 1.65. The lowest BCUT2D eigenvalue weighted by molar-refractivity contribution is 0.660. The number of rotatable bonds is 3. The summed E-state index contributed by atoms with van der Waals surface area (Å²) in [5.74, 6) is 0. The Kier molecular flexibility index (Phi) is 1.97. The highest BCUT2D eigenvalue weighted by Gasteiger charge is 1.84. The number of hydrogen-bond donors (Lipinski definition) is 2. The maximum absolute atomic E-state index is 3.56. The Labute approximate surface area is 52.2 Å². The van der Waals surface area contributed by atoms with Crippen LogP contribution in [-0.4, -0.2) is 34.0 Å². The van der Waals surface area contributed by atoms with E-state index >= 15 is 0 Å². The van der Waals surface area contributed by atoms with Gasteiger partial charge in [0, 0.05) is 0 Å². The van der Waals surface area contributed by atoms with Crippen LogP contribution in [0.15, 0.2) is 6.33 Å². The molecule has 0 aliphatic heterocycles. The predicted molar refractivity (Wildman–Crippen MR) is 31.1 cm³/mol. The number of hydrogen-bond acceptors (Lipinski definition) is 5. The van der Waals surface area contributed by atoms with E-state index in [0.717, 1.165) is 0 Å². The van der Waals surface area contributed by atoms with Crippen molar-refractivity contribution in [1.82, 2.24) is 25.6 Å². The van der Waals surface area contributed by atoms with Gasteiger partial charge in [0.05, 0.1) is 6.67 Å². The monoisotopic (exact) mass is 128 g/mol. The van der Waals surface area contributed by atoms with Crippen LogP contribution < -0.4 is 10.7 Å². The minimum Gasteiger partial charge on any atom is -0.302 e. The molecule has 0 radical (unpaired) electrons. The molecule has 0 atom stereocenters. The molecule has 0 fully saturated rings. The molecule has 0 aliphatic carbocycles. The van der Waals surface area contributed by atoms with E-state index in [0.29, 0.717) is 6.67 Å². The van der Waals surface area contributed by atoms with Gasteiger partial charge in [-0.1, -0.05) is 0 Å². The van der Waals surface area contributed by atoms with Crippen LogP contribution in [0, 0.1) is 0 Å². The van der Waals surface area contributed by atoms with E-state index in [1.165, 1.54) is 11.1 Å². The van der Waals surface area contributed by atoms with Gasteiger partial charge in [-0.05, 0) is 17.5 Å². The number of aromatic nitrogens is 4. The molecule has 1 aromatic rings. The zero-order valence-corrected chi connectivity index (χ0v) is 5.07. The fourth-order valence-corrected chi connectivity index (χ4v) is 0.394. The molecule has 2 N–H and O–H groups in total. The van der Waals surface area contributed by atoms with E-state index in [2.05, 4.69) is 26.3 Å². The fraction of sp³-hybridized carbons (Fsp3) is 0.667. The second-order valence-electron chi connectivity index (χ2n) is 1.44. The average molecular weight is 128 g/mol. The van der Waals surface area contributed by atoms with Crippen LogP contribution in [0.3, 0.4) is 0 Å². The van der Waals surface area contributed by atoms with Crippen molar-refractivity contribution in [3.8, 4) is 0 Å². The van der Waals surface area contributed by atoms with Crippen molar-refractivity contribution in [2.45, 2.75) is 0 Å². The summed E-state index contributed by atoms with van der Waals surface area (Å²) in [5.41, 5.74) is 2.84. The van der Waals surface area contributed by atoms with E-state index in [1.54, 1.807) is 0 Å². The van der Waals surface area contributed by atoms with Gasteiger partial charge in [0.25, 0.3) is 0 Å². The summed E-state index contributed by atoms with van der Waals surface area (Å²) >= 11 is 0. The number of nitrogens with zero attached hydrogens (tertiary/aromatic N) is 4. The lowest BCUT2D eigenvalue weighted by atomic mass is 11.1. The molecule has 1 aromatic heterocycles. The molecular weight excluding hydrogens is 120 g/mol. The molecule has 50 valence electrons. The highest BCUT2D eigenvalue weighted by Crippen LogP contribution is 1.64. The Bertz CT molecular complexity index is 145. The number of nitrogens with one attached hydrogen (secondary N) is 2. The lowest BCUT2D eigenvalue weighted by Gasteiger charge is -1.99. The molecular formula is C3H8N6. The first-order chi connectivity index (χ1) is 4.43. The van der Waals surface area contributed by atoms with Crippen LogP contribution in [0.1, 0.15) is 0 Å². The zero-order chi connectivity index (χ0) is 6.53. The van der Waals surface area contributed by atoms with Crippen LogP contribution in [0.25, 0.3) is 0 Å². The van der Waals surface area contributed by atoms with Crippen molar-refractivity contribution in [1.29, 1.82) is 0 Å². The van der Waals surface area contributed by atoms with Crippen molar-refractivity contribution in [3.63, 3.8) is 0 Å². The highest BCUT2D eigenvalue weighted by molar-refractivity contribution is 4.59. The maximum atomic E-state index is 3.56. The molecule has 0 saturated carbocycles. The fourth-order valence-electron chi connectivity index (χ4n) is 0.394. The largest absolute Gasteiger partial charge is 0.302 e. The van der Waals surface area contributed by atoms with Gasteiger partial charge in [-0.2, -0.15) is 0 Å². The molecule has 0 spiro atoms. The maximum Gasteiger partial charge on any atom is 0.161 e. The summed E-state index contributed by atoms with van der Waals surface area (Å²) in [5, 5.41) is 13.3. The van der Waals surface area contributed by atoms with Gasteiger partial charge >= 0.3 is 0 Å². The van der Waals surface area contributed by atoms with E-state index < -0.39 is 0 Å². The first-order valence-electron chi connectivity index (χ1n) is 2.55. The molecule has 6 nitrogen and oxygen atoms in total. The van der Waals surface area contributed by atoms with Gasteiger partial charge < -0.3 is 5.32 Å². The molecule has 6 heteroatoms. The zero-order valence-electron chi connectivity index (χ0n) is 5.07. The Balaban J connectivity index is 2.30. The van der Waals surface area contributed by atoms with Crippen molar-refractivity contribution < 1.29 is 0 Å². The van der Waals surface area contributed by atoms with Crippen LogP contribution in [0.2, 0.25) is 0 Å². The Morgan fingerprint density at radius 1 is 1.67 bits per heavy atom.